The first-order valence-electron chi connectivity index (χ1n) is 11.0. The Hall–Kier alpha value is -2.68. The van der Waals surface area contributed by atoms with Crippen molar-refractivity contribution in [3.63, 3.8) is 0 Å². The lowest BCUT2D eigenvalue weighted by molar-refractivity contribution is 0.0385. The monoisotopic (exact) mass is 384 g/mol. The Kier molecular flexibility index (Phi) is 4.83. The number of aryl methyl sites for hydroxylation is 1. The molecule has 2 atom stereocenters. The molecule has 2 unspecified atom stereocenters. The van der Waals surface area contributed by atoms with Gasteiger partial charge in [-0.15, -0.1) is 0 Å². The summed E-state index contributed by atoms with van der Waals surface area (Å²) in [6.45, 7) is 3.01. The molecular weight excluding hydrogens is 356 g/mol. The number of fused-ring (bicyclic) bond motifs is 2. The van der Waals surface area contributed by atoms with Gasteiger partial charge < -0.3 is 4.90 Å². The summed E-state index contributed by atoms with van der Waals surface area (Å²) >= 11 is 0. The maximum Gasteiger partial charge on any atom is 0.272 e. The number of likely N-dealkylation sites (tertiary alicyclic amines) is 1. The molecule has 29 heavy (non-hydrogen) atoms. The molecule has 2 aromatic carbocycles. The number of hydrogen-bond acceptors (Lipinski definition) is 2. The molecule has 0 radical (unpaired) electrons. The third-order valence-corrected chi connectivity index (χ3v) is 6.89. The Balaban J connectivity index is 1.51. The van der Waals surface area contributed by atoms with Crippen LogP contribution in [0.1, 0.15) is 54.6 Å². The smallest absolute Gasteiger partial charge is 0.272 e. The molecule has 5 rings (SSSR count). The van der Waals surface area contributed by atoms with E-state index in [2.05, 4.69) is 48.2 Å². The van der Waals surface area contributed by atoms with Gasteiger partial charge in [0.2, 0.25) is 0 Å². The van der Waals surface area contributed by atoms with Crippen LogP contribution in [0.2, 0.25) is 0 Å². The van der Waals surface area contributed by atoms with Crippen LogP contribution in [-0.2, 0) is 0 Å². The molecule has 1 saturated carbocycles. The predicted molar refractivity (Wildman–Crippen MR) is 118 cm³/mol. The first kappa shape index (κ1) is 18.4. The molecule has 0 N–H and O–H groups in total. The molecule has 3 aromatic rings. The van der Waals surface area contributed by atoms with Crippen molar-refractivity contribution >= 4 is 16.7 Å². The minimum atomic E-state index is 0.111. The SMILES string of the molecule is Cc1ccc(-c2cccc(C(=O)N3CCCC4CCCCC43)n2)c2ccccc12. The van der Waals surface area contributed by atoms with Crippen molar-refractivity contribution in [3.8, 4) is 11.3 Å². The molecule has 2 aliphatic rings. The predicted octanol–water partition coefficient (Wildman–Crippen LogP) is 6.01. The van der Waals surface area contributed by atoms with Crippen LogP contribution in [0, 0.1) is 12.8 Å². The van der Waals surface area contributed by atoms with Gasteiger partial charge >= 0.3 is 0 Å². The quantitative estimate of drug-likeness (QED) is 0.542. The molecular formula is C26H28N2O. The van der Waals surface area contributed by atoms with Gasteiger partial charge in [-0.2, -0.15) is 0 Å². The number of nitrogens with zero attached hydrogens (tertiary/aromatic N) is 2. The highest BCUT2D eigenvalue weighted by Gasteiger charge is 2.36. The van der Waals surface area contributed by atoms with E-state index < -0.39 is 0 Å². The van der Waals surface area contributed by atoms with Crippen LogP contribution < -0.4 is 0 Å². The van der Waals surface area contributed by atoms with Gasteiger partial charge in [-0.05, 0) is 67.0 Å². The van der Waals surface area contributed by atoms with Crippen molar-refractivity contribution < 1.29 is 4.79 Å². The molecule has 1 aliphatic heterocycles. The molecule has 1 amide bonds. The number of hydrogen-bond donors (Lipinski definition) is 0. The standard InChI is InChI=1S/C26H28N2O/c1-18-15-16-22(21-11-4-3-10-20(18)21)23-12-6-13-24(27-23)26(29)28-17-7-9-19-8-2-5-14-25(19)28/h3-4,6,10-13,15-16,19,25H,2,5,7-9,14,17H2,1H3. The second-order valence-electron chi connectivity index (χ2n) is 8.64. The number of amides is 1. The van der Waals surface area contributed by atoms with Gasteiger partial charge in [-0.3, -0.25) is 4.79 Å². The van der Waals surface area contributed by atoms with E-state index in [1.807, 2.05) is 18.2 Å². The number of rotatable bonds is 2. The van der Waals surface area contributed by atoms with Gasteiger partial charge in [0.1, 0.15) is 5.69 Å². The summed E-state index contributed by atoms with van der Waals surface area (Å²) in [5.41, 5.74) is 3.81. The Bertz CT molecular complexity index is 1060. The van der Waals surface area contributed by atoms with Crippen LogP contribution in [0.4, 0.5) is 0 Å². The van der Waals surface area contributed by atoms with Crippen molar-refractivity contribution in [2.75, 3.05) is 6.54 Å². The molecule has 148 valence electrons. The first-order valence-corrected chi connectivity index (χ1v) is 11.0. The lowest BCUT2D eigenvalue weighted by atomic mass is 9.78. The van der Waals surface area contributed by atoms with Gasteiger partial charge in [-0.25, -0.2) is 4.98 Å². The normalized spacial score (nSPS) is 21.8. The summed E-state index contributed by atoms with van der Waals surface area (Å²) in [6, 6.07) is 19.0. The van der Waals surface area contributed by atoms with E-state index in [4.69, 9.17) is 4.98 Å². The van der Waals surface area contributed by atoms with Crippen molar-refractivity contribution in [1.29, 1.82) is 0 Å². The second-order valence-corrected chi connectivity index (χ2v) is 8.64. The fourth-order valence-electron chi connectivity index (χ4n) is 5.40. The Morgan fingerprint density at radius 1 is 0.897 bits per heavy atom. The molecule has 1 aliphatic carbocycles. The Labute approximate surface area is 172 Å². The number of carbonyl (C=O) groups is 1. The maximum atomic E-state index is 13.4. The zero-order valence-corrected chi connectivity index (χ0v) is 17.1. The zero-order chi connectivity index (χ0) is 19.8. The van der Waals surface area contributed by atoms with Crippen molar-refractivity contribution in [1.82, 2.24) is 9.88 Å². The van der Waals surface area contributed by atoms with E-state index in [1.54, 1.807) is 0 Å². The molecule has 1 aromatic heterocycles. The van der Waals surface area contributed by atoms with Gasteiger partial charge in [0.05, 0.1) is 5.69 Å². The second kappa shape index (κ2) is 7.62. The molecule has 2 heterocycles. The van der Waals surface area contributed by atoms with Crippen LogP contribution >= 0.6 is 0 Å². The minimum absolute atomic E-state index is 0.111. The van der Waals surface area contributed by atoms with Gasteiger partial charge in [0, 0.05) is 18.2 Å². The summed E-state index contributed by atoms with van der Waals surface area (Å²) in [5.74, 6) is 0.797. The zero-order valence-electron chi connectivity index (χ0n) is 17.1. The number of carbonyl (C=O) groups excluding carboxylic acids is 1. The number of benzene rings is 2. The van der Waals surface area contributed by atoms with Crippen molar-refractivity contribution in [3.05, 3.63) is 65.9 Å². The van der Waals surface area contributed by atoms with Crippen LogP contribution in [0.15, 0.2) is 54.6 Å². The van der Waals surface area contributed by atoms with Gasteiger partial charge in [0.25, 0.3) is 5.91 Å². The summed E-state index contributed by atoms with van der Waals surface area (Å²) in [4.78, 5) is 20.4. The van der Waals surface area contributed by atoms with Gasteiger partial charge in [0.15, 0.2) is 0 Å². The molecule has 0 bridgehead atoms. The maximum absolute atomic E-state index is 13.4. The van der Waals surface area contributed by atoms with E-state index in [9.17, 15) is 4.79 Å². The summed E-state index contributed by atoms with van der Waals surface area (Å²) in [7, 11) is 0. The third-order valence-electron chi connectivity index (χ3n) is 6.89. The van der Waals surface area contributed by atoms with Crippen molar-refractivity contribution in [2.45, 2.75) is 51.5 Å². The fraction of sp³-hybridized carbons (Fsp3) is 0.385. The summed E-state index contributed by atoms with van der Waals surface area (Å²) in [6.07, 6.45) is 7.38. The Morgan fingerprint density at radius 3 is 2.59 bits per heavy atom. The molecule has 3 nitrogen and oxygen atoms in total. The van der Waals surface area contributed by atoms with Crippen LogP contribution in [0.3, 0.4) is 0 Å². The molecule has 2 fully saturated rings. The average Bonchev–Trinajstić information content (AvgIpc) is 2.79. The molecule has 1 saturated heterocycles. The highest BCUT2D eigenvalue weighted by molar-refractivity contribution is 5.98. The average molecular weight is 385 g/mol. The van der Waals surface area contributed by atoms with E-state index in [1.165, 1.54) is 42.0 Å². The minimum Gasteiger partial charge on any atom is -0.334 e. The topological polar surface area (TPSA) is 33.2 Å². The molecule has 0 spiro atoms. The van der Waals surface area contributed by atoms with E-state index in [0.717, 1.165) is 30.6 Å². The fourth-order valence-corrected chi connectivity index (χ4v) is 5.40. The van der Waals surface area contributed by atoms with Crippen LogP contribution in [-0.4, -0.2) is 28.4 Å². The van der Waals surface area contributed by atoms with Crippen LogP contribution in [0.25, 0.3) is 22.0 Å². The summed E-state index contributed by atoms with van der Waals surface area (Å²) < 4.78 is 0. The van der Waals surface area contributed by atoms with Gasteiger partial charge in [-0.1, -0.05) is 55.3 Å². The summed E-state index contributed by atoms with van der Waals surface area (Å²) in [5, 5.41) is 2.43. The third kappa shape index (κ3) is 3.33. The highest BCUT2D eigenvalue weighted by Crippen LogP contribution is 2.36. The highest BCUT2D eigenvalue weighted by atomic mass is 16.2. The van der Waals surface area contributed by atoms with E-state index in [0.29, 0.717) is 17.7 Å². The number of aromatic nitrogens is 1. The Morgan fingerprint density at radius 2 is 1.69 bits per heavy atom. The van der Waals surface area contributed by atoms with Crippen molar-refractivity contribution in [2.24, 2.45) is 5.92 Å². The molecule has 3 heteroatoms. The largest absolute Gasteiger partial charge is 0.334 e. The lowest BCUT2D eigenvalue weighted by Gasteiger charge is -2.44. The first-order chi connectivity index (χ1) is 14.2. The number of piperidine rings is 1. The van der Waals surface area contributed by atoms with Crippen LogP contribution in [0.5, 0.6) is 0 Å². The van der Waals surface area contributed by atoms with E-state index >= 15 is 0 Å². The number of pyridine rings is 1. The lowest BCUT2D eigenvalue weighted by Crippen LogP contribution is -2.49. The van der Waals surface area contributed by atoms with E-state index in [-0.39, 0.29) is 5.91 Å².